The molecule has 0 spiro atoms. The third-order valence-corrected chi connectivity index (χ3v) is 3.84. The van der Waals surface area contributed by atoms with Gasteiger partial charge in [0, 0.05) is 17.5 Å². The monoisotopic (exact) mass is 273 g/mol. The summed E-state index contributed by atoms with van der Waals surface area (Å²) in [5.74, 6) is 2.26. The van der Waals surface area contributed by atoms with E-state index in [0.717, 1.165) is 16.7 Å². The number of benzene rings is 1. The molecule has 5 nitrogen and oxygen atoms in total. The van der Waals surface area contributed by atoms with Gasteiger partial charge in [0.05, 0.1) is 19.7 Å². The second kappa shape index (κ2) is 5.53. The van der Waals surface area contributed by atoms with E-state index in [0.29, 0.717) is 17.5 Å². The SMILES string of the molecule is COc1cc2ncnc(NC3CCCC3)c2cc1OC. The van der Waals surface area contributed by atoms with Crippen molar-refractivity contribution in [3.63, 3.8) is 0 Å². The third-order valence-electron chi connectivity index (χ3n) is 3.84. The third kappa shape index (κ3) is 2.35. The number of anilines is 1. The maximum absolute atomic E-state index is 5.36. The predicted molar refractivity (Wildman–Crippen MR) is 78.5 cm³/mol. The summed E-state index contributed by atoms with van der Waals surface area (Å²) in [7, 11) is 3.26. The molecule has 1 heterocycles. The fourth-order valence-corrected chi connectivity index (χ4v) is 2.76. The van der Waals surface area contributed by atoms with Gasteiger partial charge in [0.2, 0.25) is 0 Å². The molecule has 3 rings (SSSR count). The first kappa shape index (κ1) is 13.0. The number of aromatic nitrogens is 2. The molecule has 5 heteroatoms. The Kier molecular flexibility index (Phi) is 3.58. The van der Waals surface area contributed by atoms with Gasteiger partial charge < -0.3 is 14.8 Å². The van der Waals surface area contributed by atoms with Gasteiger partial charge in [-0.2, -0.15) is 0 Å². The lowest BCUT2D eigenvalue weighted by Gasteiger charge is -2.15. The van der Waals surface area contributed by atoms with Crippen molar-refractivity contribution in [1.29, 1.82) is 0 Å². The summed E-state index contributed by atoms with van der Waals surface area (Å²) < 4.78 is 10.7. The largest absolute Gasteiger partial charge is 0.493 e. The highest BCUT2D eigenvalue weighted by atomic mass is 16.5. The lowest BCUT2D eigenvalue weighted by Crippen LogP contribution is -2.15. The normalized spacial score (nSPS) is 15.5. The van der Waals surface area contributed by atoms with Gasteiger partial charge >= 0.3 is 0 Å². The summed E-state index contributed by atoms with van der Waals surface area (Å²) in [4.78, 5) is 8.70. The van der Waals surface area contributed by atoms with Crippen LogP contribution in [0.25, 0.3) is 10.9 Å². The molecule has 0 atom stereocenters. The Morgan fingerprint density at radius 3 is 2.45 bits per heavy atom. The molecule has 20 heavy (non-hydrogen) atoms. The first-order valence-corrected chi connectivity index (χ1v) is 6.95. The van der Waals surface area contributed by atoms with E-state index in [1.165, 1.54) is 25.7 Å². The van der Waals surface area contributed by atoms with Gasteiger partial charge in [-0.25, -0.2) is 9.97 Å². The lowest BCUT2D eigenvalue weighted by molar-refractivity contribution is 0.356. The fourth-order valence-electron chi connectivity index (χ4n) is 2.76. The van der Waals surface area contributed by atoms with Crippen molar-refractivity contribution in [3.8, 4) is 11.5 Å². The van der Waals surface area contributed by atoms with E-state index in [1.54, 1.807) is 20.5 Å². The second-order valence-electron chi connectivity index (χ2n) is 5.07. The number of rotatable bonds is 4. The maximum Gasteiger partial charge on any atom is 0.162 e. The Morgan fingerprint density at radius 2 is 1.75 bits per heavy atom. The number of ether oxygens (including phenoxy) is 2. The number of nitrogens with one attached hydrogen (secondary N) is 1. The molecule has 106 valence electrons. The van der Waals surface area contributed by atoms with E-state index in [-0.39, 0.29) is 0 Å². The summed E-state index contributed by atoms with van der Waals surface area (Å²) in [6, 6.07) is 4.34. The summed E-state index contributed by atoms with van der Waals surface area (Å²) >= 11 is 0. The quantitative estimate of drug-likeness (QED) is 0.928. The molecule has 1 aromatic carbocycles. The zero-order valence-corrected chi connectivity index (χ0v) is 11.8. The Bertz CT molecular complexity index is 609. The van der Waals surface area contributed by atoms with Crippen LogP contribution >= 0.6 is 0 Å². The van der Waals surface area contributed by atoms with Crippen molar-refractivity contribution in [3.05, 3.63) is 18.5 Å². The van der Waals surface area contributed by atoms with Crippen LogP contribution in [0.3, 0.4) is 0 Å². The summed E-state index contributed by atoms with van der Waals surface area (Å²) in [5, 5.41) is 4.49. The van der Waals surface area contributed by atoms with Crippen LogP contribution in [0.1, 0.15) is 25.7 Å². The van der Waals surface area contributed by atoms with Gasteiger partial charge in [-0.15, -0.1) is 0 Å². The van der Waals surface area contributed by atoms with Crippen molar-refractivity contribution in [2.45, 2.75) is 31.7 Å². The standard InChI is InChI=1S/C15H19N3O2/c1-19-13-7-11-12(8-14(13)20-2)16-9-17-15(11)18-10-5-3-4-6-10/h7-10H,3-6H2,1-2H3,(H,16,17,18). The van der Waals surface area contributed by atoms with Gasteiger partial charge in [0.1, 0.15) is 12.1 Å². The van der Waals surface area contributed by atoms with Gasteiger partial charge in [-0.05, 0) is 18.9 Å². The molecule has 0 saturated heterocycles. The minimum atomic E-state index is 0.515. The van der Waals surface area contributed by atoms with Gasteiger partial charge in [0.25, 0.3) is 0 Å². The smallest absolute Gasteiger partial charge is 0.162 e. The van der Waals surface area contributed by atoms with Crippen LogP contribution in [0.5, 0.6) is 11.5 Å². The Balaban J connectivity index is 2.03. The average Bonchev–Trinajstić information content (AvgIpc) is 2.99. The van der Waals surface area contributed by atoms with Crippen LogP contribution in [0, 0.1) is 0 Å². The van der Waals surface area contributed by atoms with Gasteiger partial charge in [-0.3, -0.25) is 0 Å². The van der Waals surface area contributed by atoms with E-state index < -0.39 is 0 Å². The molecule has 2 aromatic rings. The molecular weight excluding hydrogens is 254 g/mol. The molecule has 0 aliphatic heterocycles. The Labute approximate surface area is 118 Å². The Morgan fingerprint density at radius 1 is 1.05 bits per heavy atom. The van der Waals surface area contributed by atoms with Crippen LogP contribution in [-0.4, -0.2) is 30.2 Å². The first-order valence-electron chi connectivity index (χ1n) is 6.95. The molecule has 0 radical (unpaired) electrons. The summed E-state index contributed by atoms with van der Waals surface area (Å²) in [6.07, 6.45) is 6.58. The summed E-state index contributed by atoms with van der Waals surface area (Å²) in [5.41, 5.74) is 0.859. The molecule has 0 unspecified atom stereocenters. The number of nitrogens with zero attached hydrogens (tertiary/aromatic N) is 2. The molecule has 1 aromatic heterocycles. The molecule has 0 amide bonds. The van der Waals surface area contributed by atoms with Crippen molar-refractivity contribution >= 4 is 16.7 Å². The number of fused-ring (bicyclic) bond motifs is 1. The van der Waals surface area contributed by atoms with Gasteiger partial charge in [0.15, 0.2) is 11.5 Å². The molecular formula is C15H19N3O2. The van der Waals surface area contributed by atoms with Crippen LogP contribution in [0.15, 0.2) is 18.5 Å². The molecule has 1 aliphatic rings. The van der Waals surface area contributed by atoms with Gasteiger partial charge in [-0.1, -0.05) is 12.8 Å². The first-order chi connectivity index (χ1) is 9.81. The van der Waals surface area contributed by atoms with E-state index in [2.05, 4.69) is 15.3 Å². The maximum atomic E-state index is 5.36. The minimum Gasteiger partial charge on any atom is -0.493 e. The molecule has 0 bridgehead atoms. The molecule has 1 aliphatic carbocycles. The highest BCUT2D eigenvalue weighted by Gasteiger charge is 2.17. The van der Waals surface area contributed by atoms with E-state index in [4.69, 9.17) is 9.47 Å². The second-order valence-corrected chi connectivity index (χ2v) is 5.07. The Hall–Kier alpha value is -2.04. The average molecular weight is 273 g/mol. The van der Waals surface area contributed by atoms with Crippen LogP contribution in [-0.2, 0) is 0 Å². The lowest BCUT2D eigenvalue weighted by atomic mass is 10.2. The van der Waals surface area contributed by atoms with Crippen molar-refractivity contribution in [2.24, 2.45) is 0 Å². The van der Waals surface area contributed by atoms with Crippen LogP contribution < -0.4 is 14.8 Å². The minimum absolute atomic E-state index is 0.515. The van der Waals surface area contributed by atoms with E-state index in [1.807, 2.05) is 12.1 Å². The van der Waals surface area contributed by atoms with Crippen LogP contribution in [0.4, 0.5) is 5.82 Å². The summed E-state index contributed by atoms with van der Waals surface area (Å²) in [6.45, 7) is 0. The zero-order valence-electron chi connectivity index (χ0n) is 11.8. The number of hydrogen-bond donors (Lipinski definition) is 1. The molecule has 1 fully saturated rings. The van der Waals surface area contributed by atoms with Crippen molar-refractivity contribution < 1.29 is 9.47 Å². The molecule has 1 N–H and O–H groups in total. The topological polar surface area (TPSA) is 56.3 Å². The number of methoxy groups -OCH3 is 2. The van der Waals surface area contributed by atoms with E-state index >= 15 is 0 Å². The number of hydrogen-bond acceptors (Lipinski definition) is 5. The molecule has 1 saturated carbocycles. The predicted octanol–water partition coefficient (Wildman–Crippen LogP) is 3.00. The van der Waals surface area contributed by atoms with Crippen LogP contribution in [0.2, 0.25) is 0 Å². The van der Waals surface area contributed by atoms with Crippen molar-refractivity contribution in [2.75, 3.05) is 19.5 Å². The highest BCUT2D eigenvalue weighted by Crippen LogP contribution is 2.34. The highest BCUT2D eigenvalue weighted by molar-refractivity contribution is 5.91. The fraction of sp³-hybridized carbons (Fsp3) is 0.467. The zero-order chi connectivity index (χ0) is 13.9. The van der Waals surface area contributed by atoms with Crippen molar-refractivity contribution in [1.82, 2.24) is 9.97 Å². The van der Waals surface area contributed by atoms with E-state index in [9.17, 15) is 0 Å².